The van der Waals surface area contributed by atoms with Crippen LogP contribution in [0.25, 0.3) is 0 Å². The summed E-state index contributed by atoms with van der Waals surface area (Å²) in [6.45, 7) is 0. The lowest BCUT2D eigenvalue weighted by molar-refractivity contribution is 0.202. The topological polar surface area (TPSA) is 46.5 Å². The zero-order chi connectivity index (χ0) is 10.6. The molecule has 1 rings (SSSR count). The Morgan fingerprint density at radius 1 is 1.57 bits per heavy atom. The minimum atomic E-state index is -0.996. The van der Waals surface area contributed by atoms with Gasteiger partial charge in [-0.05, 0) is 17.7 Å². The molecule has 3 nitrogen and oxygen atoms in total. The summed E-state index contributed by atoms with van der Waals surface area (Å²) >= 11 is 0. The van der Waals surface area contributed by atoms with Gasteiger partial charge in [-0.1, -0.05) is 12.1 Å². The molecule has 2 atom stereocenters. The van der Waals surface area contributed by atoms with E-state index >= 15 is 0 Å². The molecule has 78 valence electrons. The molecule has 1 aromatic rings. The summed E-state index contributed by atoms with van der Waals surface area (Å²) in [6, 6.07) is 7.15. The number of aliphatic hydroxyl groups excluding tert-OH is 1. The van der Waals surface area contributed by atoms with Gasteiger partial charge in [-0.2, -0.15) is 0 Å². The van der Waals surface area contributed by atoms with Gasteiger partial charge in [0.15, 0.2) is 0 Å². The molecule has 0 amide bonds. The molecule has 14 heavy (non-hydrogen) atoms. The largest absolute Gasteiger partial charge is 0.497 e. The Morgan fingerprint density at radius 3 is 2.86 bits per heavy atom. The second kappa shape index (κ2) is 5.12. The fourth-order valence-corrected chi connectivity index (χ4v) is 1.80. The summed E-state index contributed by atoms with van der Waals surface area (Å²) < 4.78 is 15.9. The van der Waals surface area contributed by atoms with Crippen LogP contribution in [0, 0.1) is 0 Å². The highest BCUT2D eigenvalue weighted by Gasteiger charge is 2.09. The van der Waals surface area contributed by atoms with Crippen molar-refractivity contribution in [2.24, 2.45) is 0 Å². The van der Waals surface area contributed by atoms with Crippen LogP contribution in [-0.4, -0.2) is 28.4 Å². The fourth-order valence-electron chi connectivity index (χ4n) is 1.17. The lowest BCUT2D eigenvalue weighted by Gasteiger charge is -2.10. The van der Waals surface area contributed by atoms with Gasteiger partial charge in [0.05, 0.1) is 19.0 Å². The summed E-state index contributed by atoms with van der Waals surface area (Å²) in [7, 11) is 0.577. The van der Waals surface area contributed by atoms with Crippen molar-refractivity contribution in [1.82, 2.24) is 0 Å². The summed E-state index contributed by atoms with van der Waals surface area (Å²) in [6.07, 6.45) is 0.888. The molecule has 0 heterocycles. The molecule has 0 aliphatic rings. The third-order valence-electron chi connectivity index (χ3n) is 1.87. The highest BCUT2D eigenvalue weighted by molar-refractivity contribution is 7.84. The van der Waals surface area contributed by atoms with E-state index in [0.29, 0.717) is 5.75 Å². The number of benzene rings is 1. The van der Waals surface area contributed by atoms with E-state index < -0.39 is 16.9 Å². The van der Waals surface area contributed by atoms with E-state index in [9.17, 15) is 9.32 Å². The average molecular weight is 214 g/mol. The molecule has 0 aliphatic carbocycles. The number of ether oxygens (including phenoxy) is 1. The Balaban J connectivity index is 2.78. The van der Waals surface area contributed by atoms with E-state index in [0.717, 1.165) is 5.56 Å². The molecule has 4 heteroatoms. The van der Waals surface area contributed by atoms with Crippen molar-refractivity contribution in [1.29, 1.82) is 0 Å². The molecule has 1 aromatic carbocycles. The number of hydrogen-bond donors (Lipinski definition) is 1. The van der Waals surface area contributed by atoms with Crippen LogP contribution >= 0.6 is 0 Å². The lowest BCUT2D eigenvalue weighted by Crippen LogP contribution is -2.07. The monoisotopic (exact) mass is 214 g/mol. The molecule has 0 aliphatic heterocycles. The summed E-state index contributed by atoms with van der Waals surface area (Å²) in [5.74, 6) is 0.955. The Hall–Kier alpha value is -0.870. The minimum Gasteiger partial charge on any atom is -0.497 e. The van der Waals surface area contributed by atoms with Crippen molar-refractivity contribution in [3.05, 3.63) is 29.8 Å². The SMILES string of the molecule is COc1cccc(C(O)CS(C)=O)c1. The van der Waals surface area contributed by atoms with Crippen LogP contribution in [0.2, 0.25) is 0 Å². The van der Waals surface area contributed by atoms with Crippen LogP contribution in [0.15, 0.2) is 24.3 Å². The van der Waals surface area contributed by atoms with E-state index in [-0.39, 0.29) is 5.75 Å². The molecule has 0 radical (unpaired) electrons. The van der Waals surface area contributed by atoms with E-state index in [2.05, 4.69) is 0 Å². The quantitative estimate of drug-likeness (QED) is 0.816. The molecule has 0 bridgehead atoms. The van der Waals surface area contributed by atoms with Crippen molar-refractivity contribution >= 4 is 10.8 Å². The van der Waals surface area contributed by atoms with Crippen molar-refractivity contribution in [3.63, 3.8) is 0 Å². The highest BCUT2D eigenvalue weighted by Crippen LogP contribution is 2.19. The van der Waals surface area contributed by atoms with Gasteiger partial charge in [-0.3, -0.25) is 4.21 Å². The third-order valence-corrected chi connectivity index (χ3v) is 2.66. The number of hydrogen-bond acceptors (Lipinski definition) is 3. The Bertz CT molecular complexity index is 325. The molecule has 0 fully saturated rings. The van der Waals surface area contributed by atoms with Crippen molar-refractivity contribution in [2.75, 3.05) is 19.1 Å². The van der Waals surface area contributed by atoms with Crippen LogP contribution in [0.5, 0.6) is 5.75 Å². The first-order valence-electron chi connectivity index (χ1n) is 4.25. The molecule has 0 aromatic heterocycles. The Labute approximate surface area is 86.2 Å². The van der Waals surface area contributed by atoms with Crippen LogP contribution in [0.1, 0.15) is 11.7 Å². The number of aliphatic hydroxyl groups is 1. The first kappa shape index (κ1) is 11.2. The second-order valence-corrected chi connectivity index (χ2v) is 4.51. The first-order valence-corrected chi connectivity index (χ1v) is 5.98. The predicted molar refractivity (Wildman–Crippen MR) is 56.9 cm³/mol. The van der Waals surface area contributed by atoms with Crippen molar-refractivity contribution in [3.8, 4) is 5.75 Å². The highest BCUT2D eigenvalue weighted by atomic mass is 32.2. The Morgan fingerprint density at radius 2 is 2.29 bits per heavy atom. The summed E-state index contributed by atoms with van der Waals surface area (Å²) in [5.41, 5.74) is 0.736. The standard InChI is InChI=1S/C10H14O3S/c1-13-9-5-3-4-8(6-9)10(11)7-14(2)12/h3-6,10-11H,7H2,1-2H3. The summed E-state index contributed by atoms with van der Waals surface area (Å²) in [5, 5.41) is 9.66. The van der Waals surface area contributed by atoms with E-state index in [1.165, 1.54) is 0 Å². The van der Waals surface area contributed by atoms with Gasteiger partial charge < -0.3 is 9.84 Å². The zero-order valence-corrected chi connectivity index (χ0v) is 9.08. The van der Waals surface area contributed by atoms with Gasteiger partial charge in [-0.15, -0.1) is 0 Å². The molecular weight excluding hydrogens is 200 g/mol. The molecule has 0 saturated heterocycles. The van der Waals surface area contributed by atoms with Crippen LogP contribution in [0.3, 0.4) is 0 Å². The maximum Gasteiger partial charge on any atom is 0.119 e. The van der Waals surface area contributed by atoms with Crippen LogP contribution < -0.4 is 4.74 Å². The normalized spacial score (nSPS) is 14.8. The number of rotatable bonds is 4. The zero-order valence-electron chi connectivity index (χ0n) is 8.27. The average Bonchev–Trinajstić information content (AvgIpc) is 2.17. The van der Waals surface area contributed by atoms with Gasteiger partial charge in [0.2, 0.25) is 0 Å². The van der Waals surface area contributed by atoms with Gasteiger partial charge in [0.25, 0.3) is 0 Å². The third kappa shape index (κ3) is 3.12. The van der Waals surface area contributed by atoms with Crippen molar-refractivity contribution < 1.29 is 14.1 Å². The van der Waals surface area contributed by atoms with Gasteiger partial charge in [0, 0.05) is 17.1 Å². The van der Waals surface area contributed by atoms with Crippen molar-refractivity contribution in [2.45, 2.75) is 6.10 Å². The molecular formula is C10H14O3S. The van der Waals surface area contributed by atoms with Gasteiger partial charge >= 0.3 is 0 Å². The van der Waals surface area contributed by atoms with E-state index in [4.69, 9.17) is 4.74 Å². The van der Waals surface area contributed by atoms with E-state index in [1.54, 1.807) is 37.6 Å². The van der Waals surface area contributed by atoms with Gasteiger partial charge in [0.1, 0.15) is 5.75 Å². The van der Waals surface area contributed by atoms with Crippen LogP contribution in [0.4, 0.5) is 0 Å². The number of methoxy groups -OCH3 is 1. The maximum atomic E-state index is 10.9. The maximum absolute atomic E-state index is 10.9. The minimum absolute atomic E-state index is 0.257. The lowest BCUT2D eigenvalue weighted by atomic mass is 10.1. The fraction of sp³-hybridized carbons (Fsp3) is 0.400. The molecule has 0 spiro atoms. The van der Waals surface area contributed by atoms with Crippen LogP contribution in [-0.2, 0) is 10.8 Å². The molecule has 1 N–H and O–H groups in total. The molecule has 2 unspecified atom stereocenters. The second-order valence-electron chi connectivity index (χ2n) is 3.03. The predicted octanol–water partition coefficient (Wildman–Crippen LogP) is 1.11. The summed E-state index contributed by atoms with van der Waals surface area (Å²) in [4.78, 5) is 0. The first-order chi connectivity index (χ1) is 6.63. The van der Waals surface area contributed by atoms with Gasteiger partial charge in [-0.25, -0.2) is 0 Å². The van der Waals surface area contributed by atoms with E-state index in [1.807, 2.05) is 0 Å². The smallest absolute Gasteiger partial charge is 0.119 e. The molecule has 0 saturated carbocycles. The Kier molecular flexibility index (Phi) is 4.10.